The highest BCUT2D eigenvalue weighted by atomic mass is 32.1. The third-order valence-corrected chi connectivity index (χ3v) is 5.28. The monoisotopic (exact) mass is 308 g/mol. The highest BCUT2D eigenvalue weighted by Crippen LogP contribution is 2.25. The lowest BCUT2D eigenvalue weighted by Crippen LogP contribution is -2.48. The number of thiophene rings is 1. The minimum absolute atomic E-state index is 0.262. The molecule has 4 heteroatoms. The Hall–Kier alpha value is -0.870. The number of nitrogens with one attached hydrogen (secondary N) is 1. The number of nitrogens with zero attached hydrogens (tertiary/aromatic N) is 1. The maximum absolute atomic E-state index is 12.3. The van der Waals surface area contributed by atoms with E-state index >= 15 is 0 Å². The highest BCUT2D eigenvalue weighted by Gasteiger charge is 2.30. The van der Waals surface area contributed by atoms with Gasteiger partial charge in [-0.2, -0.15) is 0 Å². The standard InChI is InChI=1S/C17H28N2OS/c1-12-6-7-15(21-12)13(2)18-14-8-10-19(11-9-14)16(20)17(3,4)5/h6-7,13-14,18H,8-11H2,1-5H3. The molecule has 1 fully saturated rings. The van der Waals surface area contributed by atoms with Crippen molar-refractivity contribution in [2.45, 2.75) is 59.5 Å². The van der Waals surface area contributed by atoms with Crippen LogP contribution in [-0.4, -0.2) is 29.9 Å². The topological polar surface area (TPSA) is 32.3 Å². The molecule has 2 heterocycles. The SMILES string of the molecule is Cc1ccc(C(C)NC2CCN(C(=O)C(C)(C)C)CC2)s1. The van der Waals surface area contributed by atoms with E-state index in [4.69, 9.17) is 0 Å². The third-order valence-electron chi connectivity index (χ3n) is 4.10. The lowest BCUT2D eigenvalue weighted by molar-refractivity contribution is -0.140. The zero-order valence-corrected chi connectivity index (χ0v) is 14.7. The zero-order chi connectivity index (χ0) is 15.6. The van der Waals surface area contributed by atoms with Gasteiger partial charge in [-0.05, 0) is 38.8 Å². The number of hydrogen-bond acceptors (Lipinski definition) is 3. The van der Waals surface area contributed by atoms with Gasteiger partial charge in [0.2, 0.25) is 5.91 Å². The fraction of sp³-hybridized carbons (Fsp3) is 0.706. The van der Waals surface area contributed by atoms with Gasteiger partial charge in [0, 0.05) is 40.3 Å². The zero-order valence-electron chi connectivity index (χ0n) is 13.9. The molecule has 0 aromatic carbocycles. The molecular formula is C17H28N2OS. The molecule has 0 saturated carbocycles. The number of carbonyl (C=O) groups is 1. The minimum Gasteiger partial charge on any atom is -0.342 e. The van der Waals surface area contributed by atoms with Crippen molar-refractivity contribution in [3.8, 4) is 0 Å². The molecule has 1 amide bonds. The number of aryl methyl sites for hydroxylation is 1. The molecule has 0 bridgehead atoms. The molecule has 1 saturated heterocycles. The van der Waals surface area contributed by atoms with Gasteiger partial charge >= 0.3 is 0 Å². The van der Waals surface area contributed by atoms with E-state index in [1.807, 2.05) is 37.0 Å². The molecule has 3 nitrogen and oxygen atoms in total. The average molecular weight is 308 g/mol. The molecule has 1 unspecified atom stereocenters. The minimum atomic E-state index is -0.262. The molecule has 0 spiro atoms. The molecule has 1 N–H and O–H groups in total. The Morgan fingerprint density at radius 2 is 1.95 bits per heavy atom. The Morgan fingerprint density at radius 1 is 1.33 bits per heavy atom. The van der Waals surface area contributed by atoms with Gasteiger partial charge in [-0.1, -0.05) is 20.8 Å². The van der Waals surface area contributed by atoms with Crippen molar-refractivity contribution in [3.05, 3.63) is 21.9 Å². The summed E-state index contributed by atoms with van der Waals surface area (Å²) in [6, 6.07) is 5.32. The molecule has 118 valence electrons. The lowest BCUT2D eigenvalue weighted by Gasteiger charge is -2.36. The van der Waals surface area contributed by atoms with Crippen LogP contribution in [0.4, 0.5) is 0 Å². The van der Waals surface area contributed by atoms with E-state index in [1.54, 1.807) is 0 Å². The fourth-order valence-corrected chi connectivity index (χ4v) is 3.73. The molecule has 1 aromatic rings. The van der Waals surface area contributed by atoms with Gasteiger partial charge in [0.05, 0.1) is 0 Å². The number of amides is 1. The molecule has 1 atom stereocenters. The van der Waals surface area contributed by atoms with Gasteiger partial charge in [0.15, 0.2) is 0 Å². The van der Waals surface area contributed by atoms with Crippen LogP contribution in [0.15, 0.2) is 12.1 Å². The van der Waals surface area contributed by atoms with Crippen molar-refractivity contribution in [2.75, 3.05) is 13.1 Å². The van der Waals surface area contributed by atoms with Crippen LogP contribution in [-0.2, 0) is 4.79 Å². The Kier molecular flexibility index (Phi) is 5.10. The second-order valence-corrected chi connectivity index (χ2v) is 8.47. The van der Waals surface area contributed by atoms with E-state index in [-0.39, 0.29) is 11.3 Å². The molecule has 1 aliphatic heterocycles. The van der Waals surface area contributed by atoms with Crippen LogP contribution in [0.5, 0.6) is 0 Å². The first-order valence-corrected chi connectivity index (χ1v) is 8.71. The maximum atomic E-state index is 12.3. The van der Waals surface area contributed by atoms with Gasteiger partial charge in [0.1, 0.15) is 0 Å². The van der Waals surface area contributed by atoms with Crippen molar-refractivity contribution in [2.24, 2.45) is 5.41 Å². The van der Waals surface area contributed by atoms with Gasteiger partial charge in [-0.3, -0.25) is 4.79 Å². The first kappa shape index (κ1) is 16.5. The van der Waals surface area contributed by atoms with Crippen molar-refractivity contribution in [1.82, 2.24) is 10.2 Å². The van der Waals surface area contributed by atoms with Crippen LogP contribution in [0.3, 0.4) is 0 Å². The predicted octanol–water partition coefficient (Wildman–Crippen LogP) is 3.74. The number of likely N-dealkylation sites (tertiary alicyclic amines) is 1. The number of rotatable bonds is 3. The van der Waals surface area contributed by atoms with E-state index in [0.29, 0.717) is 12.1 Å². The number of carbonyl (C=O) groups excluding carboxylic acids is 1. The van der Waals surface area contributed by atoms with Crippen LogP contribution >= 0.6 is 11.3 Å². The quantitative estimate of drug-likeness (QED) is 0.922. The van der Waals surface area contributed by atoms with Gasteiger partial charge in [-0.25, -0.2) is 0 Å². The highest BCUT2D eigenvalue weighted by molar-refractivity contribution is 7.12. The van der Waals surface area contributed by atoms with Crippen LogP contribution in [0.2, 0.25) is 0 Å². The van der Waals surface area contributed by atoms with Gasteiger partial charge in [0.25, 0.3) is 0 Å². The molecule has 1 aromatic heterocycles. The normalized spacial score (nSPS) is 18.8. The summed E-state index contributed by atoms with van der Waals surface area (Å²) < 4.78 is 0. The summed E-state index contributed by atoms with van der Waals surface area (Å²) in [5.74, 6) is 0.280. The molecular weight excluding hydrogens is 280 g/mol. The van der Waals surface area contributed by atoms with Crippen molar-refractivity contribution in [3.63, 3.8) is 0 Å². The number of hydrogen-bond donors (Lipinski definition) is 1. The Morgan fingerprint density at radius 3 is 2.43 bits per heavy atom. The van der Waals surface area contributed by atoms with E-state index in [2.05, 4.69) is 31.3 Å². The summed E-state index contributed by atoms with van der Waals surface area (Å²) in [6.07, 6.45) is 2.10. The summed E-state index contributed by atoms with van der Waals surface area (Å²) >= 11 is 1.87. The lowest BCUT2D eigenvalue weighted by atomic mass is 9.93. The van der Waals surface area contributed by atoms with Crippen LogP contribution in [0, 0.1) is 12.3 Å². The van der Waals surface area contributed by atoms with Crippen molar-refractivity contribution < 1.29 is 4.79 Å². The van der Waals surface area contributed by atoms with Crippen LogP contribution in [0.25, 0.3) is 0 Å². The molecule has 0 radical (unpaired) electrons. The van der Waals surface area contributed by atoms with E-state index < -0.39 is 0 Å². The van der Waals surface area contributed by atoms with Crippen LogP contribution < -0.4 is 5.32 Å². The summed E-state index contributed by atoms with van der Waals surface area (Å²) in [4.78, 5) is 17.1. The second kappa shape index (κ2) is 6.49. The summed E-state index contributed by atoms with van der Waals surface area (Å²) in [7, 11) is 0. The Bertz CT molecular complexity index is 481. The summed E-state index contributed by atoms with van der Waals surface area (Å²) in [5.41, 5.74) is -0.262. The molecule has 1 aliphatic rings. The Balaban J connectivity index is 1.83. The van der Waals surface area contributed by atoms with E-state index in [1.165, 1.54) is 9.75 Å². The Labute approximate surface area is 132 Å². The van der Waals surface area contributed by atoms with E-state index in [0.717, 1.165) is 25.9 Å². The largest absolute Gasteiger partial charge is 0.342 e. The molecule has 2 rings (SSSR count). The third kappa shape index (κ3) is 4.30. The number of piperidine rings is 1. The van der Waals surface area contributed by atoms with Gasteiger partial charge in [-0.15, -0.1) is 11.3 Å². The molecule has 0 aliphatic carbocycles. The summed E-state index contributed by atoms with van der Waals surface area (Å²) in [5, 5.41) is 3.72. The maximum Gasteiger partial charge on any atom is 0.227 e. The predicted molar refractivity (Wildman–Crippen MR) is 89.7 cm³/mol. The summed E-state index contributed by atoms with van der Waals surface area (Å²) in [6.45, 7) is 12.1. The first-order valence-electron chi connectivity index (χ1n) is 7.89. The van der Waals surface area contributed by atoms with Crippen molar-refractivity contribution >= 4 is 17.2 Å². The smallest absolute Gasteiger partial charge is 0.227 e. The van der Waals surface area contributed by atoms with E-state index in [9.17, 15) is 4.79 Å². The van der Waals surface area contributed by atoms with Crippen molar-refractivity contribution in [1.29, 1.82) is 0 Å². The average Bonchev–Trinajstić information content (AvgIpc) is 2.84. The fourth-order valence-electron chi connectivity index (χ4n) is 2.85. The van der Waals surface area contributed by atoms with Gasteiger partial charge < -0.3 is 10.2 Å². The van der Waals surface area contributed by atoms with Crippen LogP contribution in [0.1, 0.15) is 56.3 Å². The second-order valence-electron chi connectivity index (χ2n) is 7.15. The molecule has 21 heavy (non-hydrogen) atoms. The first-order chi connectivity index (χ1) is 9.77.